The van der Waals surface area contributed by atoms with E-state index < -0.39 is 31.5 Å². The van der Waals surface area contributed by atoms with Crippen molar-refractivity contribution in [1.82, 2.24) is 9.62 Å². The number of nitro groups is 1. The molecule has 0 aromatic heterocycles. The van der Waals surface area contributed by atoms with E-state index in [1.165, 1.54) is 6.07 Å². The Hall–Kier alpha value is -1.95. The maximum Gasteiger partial charge on any atom is 0.269 e. The lowest BCUT2D eigenvalue weighted by Crippen LogP contribution is -2.31. The summed E-state index contributed by atoms with van der Waals surface area (Å²) in [5.74, 6) is -2.01. The van der Waals surface area contributed by atoms with Crippen LogP contribution in [0.15, 0.2) is 39.7 Å². The SMILES string of the molecule is O=[N+]([O-])c1ccc2c(c1)CN(CCCCCNS(=O)(=O)c1c(F)cc(F)cc1Br)CC2. The number of non-ortho nitro benzene ring substituents is 1. The predicted octanol–water partition coefficient (Wildman–Crippen LogP) is 4.14. The molecule has 2 aromatic carbocycles. The van der Waals surface area contributed by atoms with E-state index in [0.717, 1.165) is 49.5 Å². The normalized spacial score (nSPS) is 14.4. The van der Waals surface area contributed by atoms with Crippen LogP contribution < -0.4 is 4.72 Å². The Balaban J connectivity index is 1.43. The van der Waals surface area contributed by atoms with Gasteiger partial charge in [0.05, 0.1) is 4.92 Å². The second-order valence-corrected chi connectivity index (χ2v) is 9.95. The number of rotatable bonds is 9. The standard InChI is InChI=1S/C20H22BrF2N3O4S/c21-18-11-16(22)12-19(23)20(18)31(29,30)24-7-2-1-3-8-25-9-6-14-4-5-17(26(27)28)10-15(14)13-25/h4-5,10-12,24H,1-3,6-9,13H2. The molecular formula is C20H22BrF2N3O4S. The summed E-state index contributed by atoms with van der Waals surface area (Å²) in [5, 5.41) is 11.0. The quantitative estimate of drug-likeness (QED) is 0.306. The molecule has 1 aliphatic heterocycles. The first-order valence-electron chi connectivity index (χ1n) is 9.80. The molecule has 0 saturated heterocycles. The van der Waals surface area contributed by atoms with Crippen LogP contribution in [0.3, 0.4) is 0 Å². The Morgan fingerprint density at radius 1 is 1.13 bits per heavy atom. The Bertz CT molecular complexity index is 1060. The predicted molar refractivity (Wildman–Crippen MR) is 115 cm³/mol. The van der Waals surface area contributed by atoms with Crippen LogP contribution in [-0.2, 0) is 23.0 Å². The largest absolute Gasteiger partial charge is 0.299 e. The van der Waals surface area contributed by atoms with E-state index in [2.05, 4.69) is 25.6 Å². The zero-order valence-electron chi connectivity index (χ0n) is 16.6. The average molecular weight is 518 g/mol. The second-order valence-electron chi connectivity index (χ2n) is 7.39. The topological polar surface area (TPSA) is 92.6 Å². The minimum absolute atomic E-state index is 0.0945. The molecule has 0 atom stereocenters. The van der Waals surface area contributed by atoms with Crippen molar-refractivity contribution in [2.75, 3.05) is 19.6 Å². The molecule has 0 spiro atoms. The third-order valence-corrected chi connectivity index (χ3v) is 7.59. The summed E-state index contributed by atoms with van der Waals surface area (Å²) in [6.07, 6.45) is 3.00. The number of nitrogens with zero attached hydrogens (tertiary/aromatic N) is 2. The highest BCUT2D eigenvalue weighted by atomic mass is 79.9. The van der Waals surface area contributed by atoms with E-state index in [9.17, 15) is 27.3 Å². The van der Waals surface area contributed by atoms with E-state index >= 15 is 0 Å². The lowest BCUT2D eigenvalue weighted by molar-refractivity contribution is -0.385. The van der Waals surface area contributed by atoms with Crippen molar-refractivity contribution in [1.29, 1.82) is 0 Å². The summed E-state index contributed by atoms with van der Waals surface area (Å²) in [6.45, 7) is 2.46. The zero-order chi connectivity index (χ0) is 22.6. The molecule has 0 amide bonds. The van der Waals surface area contributed by atoms with Crippen LogP contribution >= 0.6 is 15.9 Å². The minimum Gasteiger partial charge on any atom is -0.299 e. The number of halogens is 3. The molecule has 31 heavy (non-hydrogen) atoms. The number of benzene rings is 2. The molecule has 1 aliphatic rings. The van der Waals surface area contributed by atoms with Crippen LogP contribution in [0.25, 0.3) is 0 Å². The van der Waals surface area contributed by atoms with Crippen LogP contribution in [0.1, 0.15) is 30.4 Å². The van der Waals surface area contributed by atoms with Crippen molar-refractivity contribution in [2.24, 2.45) is 0 Å². The molecule has 0 aliphatic carbocycles. The third-order valence-electron chi connectivity index (χ3n) is 5.17. The lowest BCUT2D eigenvalue weighted by Gasteiger charge is -2.28. The number of nitrogens with one attached hydrogen (secondary N) is 1. The first-order chi connectivity index (χ1) is 14.7. The lowest BCUT2D eigenvalue weighted by atomic mass is 9.99. The fourth-order valence-electron chi connectivity index (χ4n) is 3.61. The summed E-state index contributed by atoms with van der Waals surface area (Å²) >= 11 is 2.89. The number of hydrogen-bond donors (Lipinski definition) is 1. The summed E-state index contributed by atoms with van der Waals surface area (Å²) in [4.78, 5) is 12.2. The van der Waals surface area contributed by atoms with Crippen molar-refractivity contribution >= 4 is 31.6 Å². The molecule has 168 valence electrons. The summed E-state index contributed by atoms with van der Waals surface area (Å²) in [6, 6.07) is 6.42. The van der Waals surface area contributed by atoms with Gasteiger partial charge in [0.2, 0.25) is 10.0 Å². The molecule has 0 fully saturated rings. The second kappa shape index (κ2) is 10.1. The van der Waals surface area contributed by atoms with E-state index in [4.69, 9.17) is 0 Å². The van der Waals surface area contributed by atoms with Gasteiger partial charge in [0.25, 0.3) is 5.69 Å². The van der Waals surface area contributed by atoms with Gasteiger partial charge in [-0.1, -0.05) is 12.5 Å². The third kappa shape index (κ3) is 6.06. The van der Waals surface area contributed by atoms with Gasteiger partial charge in [-0.3, -0.25) is 15.0 Å². The van der Waals surface area contributed by atoms with Crippen molar-refractivity contribution in [3.63, 3.8) is 0 Å². The molecule has 3 rings (SSSR count). The van der Waals surface area contributed by atoms with Gasteiger partial charge in [-0.25, -0.2) is 21.9 Å². The van der Waals surface area contributed by atoms with Gasteiger partial charge in [-0.05, 0) is 58.9 Å². The molecule has 1 N–H and O–H groups in total. The van der Waals surface area contributed by atoms with E-state index in [1.54, 1.807) is 6.07 Å². The Morgan fingerprint density at radius 2 is 1.90 bits per heavy atom. The van der Waals surface area contributed by atoms with Crippen LogP contribution in [0.5, 0.6) is 0 Å². The molecule has 0 radical (unpaired) electrons. The smallest absolute Gasteiger partial charge is 0.269 e. The maximum atomic E-state index is 13.9. The molecule has 7 nitrogen and oxygen atoms in total. The first-order valence-corrected chi connectivity index (χ1v) is 12.1. The highest BCUT2D eigenvalue weighted by Gasteiger charge is 2.23. The Kier molecular flexibility index (Phi) is 7.73. The van der Waals surface area contributed by atoms with Gasteiger partial charge in [-0.15, -0.1) is 0 Å². The van der Waals surface area contributed by atoms with Gasteiger partial charge >= 0.3 is 0 Å². The minimum atomic E-state index is -4.09. The highest BCUT2D eigenvalue weighted by Crippen LogP contribution is 2.26. The van der Waals surface area contributed by atoms with Gasteiger partial charge in [0, 0.05) is 42.3 Å². The molecule has 11 heteroatoms. The maximum absolute atomic E-state index is 13.9. The van der Waals surface area contributed by atoms with Crippen molar-refractivity contribution in [3.05, 3.63) is 67.7 Å². The molecule has 0 unspecified atom stereocenters. The summed E-state index contributed by atoms with van der Waals surface area (Å²) in [7, 11) is -4.09. The van der Waals surface area contributed by atoms with Crippen LogP contribution in [-0.4, -0.2) is 37.9 Å². The molecule has 1 heterocycles. The zero-order valence-corrected chi connectivity index (χ0v) is 19.0. The van der Waals surface area contributed by atoms with Crippen LogP contribution in [0.4, 0.5) is 14.5 Å². The number of sulfonamides is 1. The fraction of sp³-hybridized carbons (Fsp3) is 0.400. The van der Waals surface area contributed by atoms with Crippen molar-refractivity contribution < 1.29 is 22.1 Å². The van der Waals surface area contributed by atoms with Gasteiger partial charge < -0.3 is 0 Å². The van der Waals surface area contributed by atoms with E-state index in [-0.39, 0.29) is 16.7 Å². The molecule has 0 bridgehead atoms. The monoisotopic (exact) mass is 517 g/mol. The van der Waals surface area contributed by atoms with Gasteiger partial charge in [0.15, 0.2) is 0 Å². The van der Waals surface area contributed by atoms with Gasteiger partial charge in [-0.2, -0.15) is 0 Å². The Morgan fingerprint density at radius 3 is 2.61 bits per heavy atom. The summed E-state index contributed by atoms with van der Waals surface area (Å²) < 4.78 is 53.8. The number of nitro benzene ring substituents is 1. The Labute approximate surface area is 187 Å². The molecule has 0 saturated carbocycles. The number of hydrogen-bond acceptors (Lipinski definition) is 5. The van der Waals surface area contributed by atoms with Gasteiger partial charge in [0.1, 0.15) is 16.5 Å². The average Bonchev–Trinajstić information content (AvgIpc) is 2.68. The number of unbranched alkanes of at least 4 members (excludes halogenated alkanes) is 2. The van der Waals surface area contributed by atoms with Crippen molar-refractivity contribution in [3.8, 4) is 0 Å². The van der Waals surface area contributed by atoms with E-state index in [0.29, 0.717) is 19.0 Å². The molecule has 2 aromatic rings. The number of fused-ring (bicyclic) bond motifs is 1. The molecular weight excluding hydrogens is 496 g/mol. The van der Waals surface area contributed by atoms with Crippen LogP contribution in [0.2, 0.25) is 0 Å². The van der Waals surface area contributed by atoms with Crippen LogP contribution in [0, 0.1) is 21.7 Å². The first kappa shape index (κ1) is 23.7. The van der Waals surface area contributed by atoms with E-state index in [1.807, 2.05) is 6.07 Å². The van der Waals surface area contributed by atoms with Crippen molar-refractivity contribution in [2.45, 2.75) is 37.1 Å². The fourth-order valence-corrected chi connectivity index (χ4v) is 5.84. The summed E-state index contributed by atoms with van der Waals surface area (Å²) in [5.41, 5.74) is 2.20. The highest BCUT2D eigenvalue weighted by molar-refractivity contribution is 9.10.